The highest BCUT2D eigenvalue weighted by molar-refractivity contribution is 5.96. The number of nitrogens with zero attached hydrogens (tertiary/aromatic N) is 1. The molecule has 9 heteroatoms. The number of ether oxygens (including phenoxy) is 2. The van der Waals surface area contributed by atoms with Crippen LogP contribution in [-0.2, 0) is 9.53 Å². The summed E-state index contributed by atoms with van der Waals surface area (Å²) in [6, 6.07) is 6.75. The van der Waals surface area contributed by atoms with Crippen molar-refractivity contribution in [3.63, 3.8) is 0 Å². The molecule has 8 nitrogen and oxygen atoms in total. The molecule has 4 N–H and O–H groups in total. The summed E-state index contributed by atoms with van der Waals surface area (Å²) >= 11 is 0. The van der Waals surface area contributed by atoms with E-state index in [1.165, 1.54) is 0 Å². The second kappa shape index (κ2) is 15.4. The first-order valence-corrected chi connectivity index (χ1v) is 12.8. The number of carbonyl (C=O) groups is 2. The van der Waals surface area contributed by atoms with Crippen LogP contribution in [0.4, 0.5) is 0 Å². The van der Waals surface area contributed by atoms with Crippen molar-refractivity contribution in [2.75, 3.05) is 40.0 Å². The van der Waals surface area contributed by atoms with Crippen LogP contribution in [0.25, 0.3) is 0 Å². The monoisotopic (exact) mass is 527 g/mol. The zero-order valence-electron chi connectivity index (χ0n) is 22.5. The van der Waals surface area contributed by atoms with Crippen molar-refractivity contribution in [1.82, 2.24) is 10.2 Å². The largest absolute Gasteiger partial charge is 0.493 e. The predicted octanol–water partition coefficient (Wildman–Crippen LogP) is 3.25. The van der Waals surface area contributed by atoms with Gasteiger partial charge >= 0.3 is 0 Å². The molecule has 2 rings (SSSR count). The van der Waals surface area contributed by atoms with Gasteiger partial charge in [-0.1, -0.05) is 39.8 Å². The third kappa shape index (κ3) is 9.54. The molecule has 0 aliphatic carbocycles. The summed E-state index contributed by atoms with van der Waals surface area (Å²) < 4.78 is 10.9. The molecule has 1 aromatic rings. The molecular formula is C27H46ClN3O5. The Morgan fingerprint density at radius 2 is 1.89 bits per heavy atom. The number of aliphatic hydroxyl groups excluding tert-OH is 1. The van der Waals surface area contributed by atoms with Gasteiger partial charge in [0, 0.05) is 44.8 Å². The normalized spacial score (nSPS) is 17.4. The molecule has 36 heavy (non-hydrogen) atoms. The number of nitrogens with one attached hydrogen (secondary N) is 1. The molecule has 1 aliphatic rings. The van der Waals surface area contributed by atoms with Gasteiger partial charge < -0.3 is 30.5 Å². The van der Waals surface area contributed by atoms with E-state index < -0.39 is 12.1 Å². The zero-order chi connectivity index (χ0) is 26.0. The lowest BCUT2D eigenvalue weighted by atomic mass is 9.87. The summed E-state index contributed by atoms with van der Waals surface area (Å²) in [6.45, 7) is 10.6. The van der Waals surface area contributed by atoms with Gasteiger partial charge in [-0.25, -0.2) is 0 Å². The maximum atomic E-state index is 12.9. The number of benzene rings is 1. The molecule has 0 radical (unpaired) electrons. The van der Waals surface area contributed by atoms with E-state index in [9.17, 15) is 14.7 Å². The predicted molar refractivity (Wildman–Crippen MR) is 145 cm³/mol. The summed E-state index contributed by atoms with van der Waals surface area (Å²) in [6.07, 6.45) is 2.27. The van der Waals surface area contributed by atoms with E-state index in [-0.39, 0.29) is 48.0 Å². The Morgan fingerprint density at radius 3 is 2.50 bits per heavy atom. The van der Waals surface area contributed by atoms with Gasteiger partial charge in [0.15, 0.2) is 0 Å². The van der Waals surface area contributed by atoms with Gasteiger partial charge in [0.2, 0.25) is 5.91 Å². The quantitative estimate of drug-likeness (QED) is 0.302. The van der Waals surface area contributed by atoms with Crippen molar-refractivity contribution in [2.24, 2.45) is 23.0 Å². The van der Waals surface area contributed by atoms with Gasteiger partial charge in [0.25, 0.3) is 5.91 Å². The zero-order valence-corrected chi connectivity index (χ0v) is 23.3. The maximum Gasteiger partial charge on any atom is 0.255 e. The molecule has 2 amide bonds. The molecule has 1 heterocycles. The van der Waals surface area contributed by atoms with Crippen LogP contribution in [0.1, 0.15) is 63.7 Å². The lowest BCUT2D eigenvalue weighted by Gasteiger charge is -2.30. The van der Waals surface area contributed by atoms with E-state index in [2.05, 4.69) is 19.2 Å². The summed E-state index contributed by atoms with van der Waals surface area (Å²) in [4.78, 5) is 27.1. The molecule has 0 spiro atoms. The molecule has 0 bridgehead atoms. The first-order chi connectivity index (χ1) is 16.6. The standard InChI is InChI=1S/C27H45N3O5.ClH/c1-19(2)20(16-22(28)23(31)18-30-13-12-27(3,4)26(30)33)17-29-25(32)21-10-6-7-11-24(21)35-15-9-8-14-34-5;/h6-7,10-11,19-20,22-23,31H,8-9,12-18,28H2,1-5H3,(H,29,32);1H/t20-,22+,23+;/m1./s1. The van der Waals surface area contributed by atoms with Gasteiger partial charge in [-0.15, -0.1) is 12.4 Å². The minimum Gasteiger partial charge on any atom is -0.493 e. The summed E-state index contributed by atoms with van der Waals surface area (Å²) in [5, 5.41) is 13.7. The third-order valence-corrected chi connectivity index (χ3v) is 6.95. The van der Waals surface area contributed by atoms with Crippen molar-refractivity contribution >= 4 is 24.2 Å². The number of hydrogen-bond donors (Lipinski definition) is 3. The highest BCUT2D eigenvalue weighted by Crippen LogP contribution is 2.30. The SMILES string of the molecule is COCCCCOc1ccccc1C(=O)NC[C@@H](C[C@H](N)[C@@H](O)CN1CCC(C)(C)C1=O)C(C)C.Cl. The summed E-state index contributed by atoms with van der Waals surface area (Å²) in [5.74, 6) is 0.775. The number of rotatable bonds is 15. The van der Waals surface area contributed by atoms with E-state index in [0.29, 0.717) is 44.0 Å². The molecule has 0 aromatic heterocycles. The van der Waals surface area contributed by atoms with E-state index >= 15 is 0 Å². The first-order valence-electron chi connectivity index (χ1n) is 12.8. The van der Waals surface area contributed by atoms with Crippen LogP contribution in [0.15, 0.2) is 24.3 Å². The van der Waals surface area contributed by atoms with Gasteiger partial charge in [0.05, 0.1) is 18.3 Å². The lowest BCUT2D eigenvalue weighted by Crippen LogP contribution is -2.47. The van der Waals surface area contributed by atoms with Crippen LogP contribution < -0.4 is 15.8 Å². The number of carbonyl (C=O) groups excluding carboxylic acids is 2. The highest BCUT2D eigenvalue weighted by atomic mass is 35.5. The van der Waals surface area contributed by atoms with E-state index in [4.69, 9.17) is 15.2 Å². The molecule has 1 aliphatic heterocycles. The number of methoxy groups -OCH3 is 1. The molecule has 1 fully saturated rings. The number of likely N-dealkylation sites (tertiary alicyclic amines) is 1. The van der Waals surface area contributed by atoms with E-state index in [1.807, 2.05) is 26.0 Å². The van der Waals surface area contributed by atoms with Crippen LogP contribution in [-0.4, -0.2) is 73.9 Å². The second-order valence-corrected chi connectivity index (χ2v) is 10.6. The van der Waals surface area contributed by atoms with Crippen molar-refractivity contribution in [2.45, 2.75) is 65.5 Å². The number of hydrogen-bond acceptors (Lipinski definition) is 6. The Bertz CT molecular complexity index is 820. The van der Waals surface area contributed by atoms with E-state index in [0.717, 1.165) is 19.3 Å². The van der Waals surface area contributed by atoms with Crippen molar-refractivity contribution in [1.29, 1.82) is 0 Å². The van der Waals surface area contributed by atoms with Gasteiger partial charge in [-0.3, -0.25) is 9.59 Å². The van der Waals surface area contributed by atoms with Crippen LogP contribution in [0.5, 0.6) is 5.75 Å². The Morgan fingerprint density at radius 1 is 1.22 bits per heavy atom. The minimum atomic E-state index is -0.808. The Balaban J connectivity index is 0.00000648. The fourth-order valence-electron chi connectivity index (χ4n) is 4.31. The van der Waals surface area contributed by atoms with Crippen LogP contribution >= 0.6 is 12.4 Å². The molecule has 1 aromatic carbocycles. The van der Waals surface area contributed by atoms with Crippen LogP contribution in [0.2, 0.25) is 0 Å². The van der Waals surface area contributed by atoms with Crippen molar-refractivity contribution in [3.8, 4) is 5.75 Å². The summed E-state index contributed by atoms with van der Waals surface area (Å²) in [5.41, 5.74) is 6.47. The highest BCUT2D eigenvalue weighted by Gasteiger charge is 2.39. The minimum absolute atomic E-state index is 0. The fourth-order valence-corrected chi connectivity index (χ4v) is 4.31. The summed E-state index contributed by atoms with van der Waals surface area (Å²) in [7, 11) is 1.67. The second-order valence-electron chi connectivity index (χ2n) is 10.6. The third-order valence-electron chi connectivity index (χ3n) is 6.95. The topological polar surface area (TPSA) is 114 Å². The Hall–Kier alpha value is -1.87. The average molecular weight is 528 g/mol. The number of aliphatic hydroxyl groups is 1. The molecule has 206 valence electrons. The Kier molecular flexibility index (Phi) is 13.8. The molecule has 3 atom stereocenters. The molecular weight excluding hydrogens is 482 g/mol. The van der Waals surface area contributed by atoms with Crippen LogP contribution in [0, 0.1) is 17.3 Å². The van der Waals surface area contributed by atoms with Gasteiger partial charge in [-0.2, -0.15) is 0 Å². The average Bonchev–Trinajstić information content (AvgIpc) is 3.08. The van der Waals surface area contributed by atoms with Gasteiger partial charge in [-0.05, 0) is 49.7 Å². The molecule has 0 unspecified atom stereocenters. The van der Waals surface area contributed by atoms with Crippen LogP contribution in [0.3, 0.4) is 0 Å². The number of β-amino-alcohol motifs (C(OH)–C–C–N with tert-alkyl or cyclic N) is 1. The molecule has 1 saturated heterocycles. The molecule has 0 saturated carbocycles. The number of nitrogens with two attached hydrogens (primary N) is 1. The lowest BCUT2D eigenvalue weighted by molar-refractivity contribution is -0.135. The van der Waals surface area contributed by atoms with Crippen molar-refractivity contribution < 1.29 is 24.2 Å². The number of amides is 2. The number of para-hydroxylation sites is 1. The Labute approximate surface area is 222 Å². The first kappa shape index (κ1) is 32.2. The number of unbranched alkanes of at least 4 members (excludes halogenated alkanes) is 1. The number of halogens is 1. The fraction of sp³-hybridized carbons (Fsp3) is 0.704. The smallest absolute Gasteiger partial charge is 0.255 e. The van der Waals surface area contributed by atoms with E-state index in [1.54, 1.807) is 24.1 Å². The van der Waals surface area contributed by atoms with Crippen molar-refractivity contribution in [3.05, 3.63) is 29.8 Å². The van der Waals surface area contributed by atoms with Gasteiger partial charge in [0.1, 0.15) is 5.75 Å². The maximum absolute atomic E-state index is 12.9.